The van der Waals surface area contributed by atoms with E-state index < -0.39 is 0 Å². The molecule has 3 aromatic heterocycles. The molecule has 1 N–H and O–H groups in total. The Labute approximate surface area is 244 Å². The summed E-state index contributed by atoms with van der Waals surface area (Å²) in [4.78, 5) is 37.1. The Hall–Kier alpha value is -4.62. The highest BCUT2D eigenvalue weighted by atomic mass is 16.2. The number of urea groups is 1. The predicted molar refractivity (Wildman–Crippen MR) is 160 cm³/mol. The average molecular weight is 563 g/mol. The lowest BCUT2D eigenvalue weighted by molar-refractivity contribution is -0.120. The number of nitrogens with one attached hydrogen (secondary N) is 1. The summed E-state index contributed by atoms with van der Waals surface area (Å²) in [5, 5.41) is 14.0. The van der Waals surface area contributed by atoms with Gasteiger partial charge in [-0.3, -0.25) is 9.20 Å². The Morgan fingerprint density at radius 1 is 1.10 bits per heavy atom. The van der Waals surface area contributed by atoms with Crippen LogP contribution in [0.4, 0.5) is 4.79 Å². The second-order valence-electron chi connectivity index (χ2n) is 11.7. The summed E-state index contributed by atoms with van der Waals surface area (Å²) in [5.41, 5.74) is 7.26. The van der Waals surface area contributed by atoms with Crippen molar-refractivity contribution in [1.29, 1.82) is 5.26 Å². The first-order valence-electron chi connectivity index (χ1n) is 14.6. The number of pyridine rings is 1. The van der Waals surface area contributed by atoms with E-state index in [1.165, 1.54) is 0 Å². The van der Waals surface area contributed by atoms with E-state index in [2.05, 4.69) is 46.1 Å². The maximum absolute atomic E-state index is 13.7. The van der Waals surface area contributed by atoms with Crippen LogP contribution in [0.15, 0.2) is 48.9 Å². The van der Waals surface area contributed by atoms with E-state index in [0.717, 1.165) is 70.4 Å². The largest absolute Gasteiger partial charge is 0.352 e. The highest BCUT2D eigenvalue weighted by molar-refractivity contribution is 6.09. The zero-order chi connectivity index (χ0) is 29.0. The summed E-state index contributed by atoms with van der Waals surface area (Å²) in [7, 11) is 4.20. The number of imidazole rings is 1. The number of fused-ring (bicyclic) bond motifs is 1. The van der Waals surface area contributed by atoms with E-state index in [4.69, 9.17) is 0 Å². The van der Waals surface area contributed by atoms with Gasteiger partial charge in [-0.2, -0.15) is 5.26 Å². The van der Waals surface area contributed by atoms with Gasteiger partial charge in [0.05, 0.1) is 35.5 Å². The fourth-order valence-electron chi connectivity index (χ4n) is 6.86. The molecule has 1 saturated heterocycles. The van der Waals surface area contributed by atoms with Crippen molar-refractivity contribution in [1.82, 2.24) is 34.0 Å². The van der Waals surface area contributed by atoms with E-state index >= 15 is 0 Å². The predicted octanol–water partition coefficient (Wildman–Crippen LogP) is 3.55. The minimum Gasteiger partial charge on any atom is -0.352 e. The molecule has 10 heteroatoms. The third kappa shape index (κ3) is 4.41. The van der Waals surface area contributed by atoms with E-state index in [9.17, 15) is 14.9 Å². The maximum Gasteiger partial charge on any atom is 0.320 e. The molecule has 3 aliphatic heterocycles. The fourth-order valence-corrected chi connectivity index (χ4v) is 6.86. The van der Waals surface area contributed by atoms with Crippen LogP contribution in [0.3, 0.4) is 0 Å². The van der Waals surface area contributed by atoms with Crippen LogP contribution >= 0.6 is 0 Å². The van der Waals surface area contributed by atoms with E-state index in [1.54, 1.807) is 0 Å². The van der Waals surface area contributed by atoms with Crippen molar-refractivity contribution >= 4 is 39.6 Å². The van der Waals surface area contributed by atoms with Gasteiger partial charge in [0.1, 0.15) is 5.65 Å². The monoisotopic (exact) mass is 562 g/mol. The third-order valence-electron chi connectivity index (χ3n) is 9.10. The molecular weight excluding hydrogens is 528 g/mol. The van der Waals surface area contributed by atoms with Crippen molar-refractivity contribution in [2.45, 2.75) is 38.4 Å². The lowest BCUT2D eigenvalue weighted by Gasteiger charge is -2.37. The number of likely N-dealkylation sites (tertiary alicyclic amines) is 1. The standard InChI is InChI=1S/C32H34N8O2/c1-36(2)23-6-9-37(10-7-23)32(42)39-12-11-38-20-27(25-14-21(16-33)13-22(19-39)31(25)38)24-15-30(41)35-17-26(24)28-18-34-29-5-3-4-8-40(28)29/h3-5,8,13-14,18,20,23H,6-7,9-12,15,17,19H2,1-2H3,(H,35,41). The summed E-state index contributed by atoms with van der Waals surface area (Å²) in [5.74, 6) is -0.0259. The van der Waals surface area contributed by atoms with Gasteiger partial charge in [0.2, 0.25) is 5.91 Å². The normalized spacial score (nSPS) is 18.1. The first kappa shape index (κ1) is 26.3. The van der Waals surface area contributed by atoms with E-state index in [1.807, 2.05) is 56.9 Å². The van der Waals surface area contributed by atoms with Crippen LogP contribution in [0.2, 0.25) is 0 Å². The molecule has 0 spiro atoms. The van der Waals surface area contributed by atoms with Crippen LogP contribution in [-0.4, -0.2) is 86.9 Å². The number of amides is 3. The lowest BCUT2D eigenvalue weighted by atomic mass is 9.91. The molecule has 0 atom stereocenters. The molecule has 0 saturated carbocycles. The van der Waals surface area contributed by atoms with Gasteiger partial charge in [0.25, 0.3) is 0 Å². The van der Waals surface area contributed by atoms with Gasteiger partial charge < -0.3 is 24.6 Å². The van der Waals surface area contributed by atoms with Crippen LogP contribution in [-0.2, 0) is 17.9 Å². The van der Waals surface area contributed by atoms with Gasteiger partial charge >= 0.3 is 6.03 Å². The SMILES string of the molecule is CN(C)C1CCN(C(=O)N2CCn3cc(C4=C(c5cnc6ccccn56)CNC(=O)C4)c4cc(C#N)cc(c43)C2)CC1. The summed E-state index contributed by atoms with van der Waals surface area (Å²) in [6.07, 6.45) is 8.16. The van der Waals surface area contributed by atoms with Gasteiger partial charge in [0, 0.05) is 74.2 Å². The first-order chi connectivity index (χ1) is 20.4. The molecule has 1 aromatic carbocycles. The molecule has 3 amide bonds. The highest BCUT2D eigenvalue weighted by Gasteiger charge is 2.31. The zero-order valence-corrected chi connectivity index (χ0v) is 24.0. The second kappa shape index (κ2) is 10.3. The van der Waals surface area contributed by atoms with Crippen LogP contribution in [0, 0.1) is 11.3 Å². The third-order valence-corrected chi connectivity index (χ3v) is 9.10. The Morgan fingerprint density at radius 3 is 2.71 bits per heavy atom. The minimum absolute atomic E-state index is 0.0259. The van der Waals surface area contributed by atoms with Crippen LogP contribution < -0.4 is 5.32 Å². The van der Waals surface area contributed by atoms with Crippen LogP contribution in [0.5, 0.6) is 0 Å². The van der Waals surface area contributed by atoms with Gasteiger partial charge in [-0.05, 0) is 62.3 Å². The molecule has 7 rings (SSSR count). The van der Waals surface area contributed by atoms with Crippen molar-refractivity contribution in [3.8, 4) is 6.07 Å². The molecule has 42 heavy (non-hydrogen) atoms. The quantitative estimate of drug-likeness (QED) is 0.412. The van der Waals surface area contributed by atoms with Crippen LogP contribution in [0.25, 0.3) is 27.7 Å². The molecule has 214 valence electrons. The first-order valence-corrected chi connectivity index (χ1v) is 14.6. The smallest absolute Gasteiger partial charge is 0.320 e. The van der Waals surface area contributed by atoms with E-state index in [-0.39, 0.29) is 18.4 Å². The number of carbonyl (C=O) groups excluding carboxylic acids is 2. The highest BCUT2D eigenvalue weighted by Crippen LogP contribution is 2.39. The average Bonchev–Trinajstić information content (AvgIpc) is 3.55. The number of benzene rings is 1. The molecule has 3 aliphatic rings. The molecule has 1 fully saturated rings. The number of nitriles is 1. The van der Waals surface area contributed by atoms with E-state index in [0.29, 0.717) is 37.8 Å². The molecule has 0 unspecified atom stereocenters. The van der Waals surface area contributed by atoms with Gasteiger partial charge in [0.15, 0.2) is 0 Å². The molecular formula is C32H34N8O2. The number of hydrogen-bond donors (Lipinski definition) is 1. The number of rotatable bonds is 3. The summed E-state index contributed by atoms with van der Waals surface area (Å²) < 4.78 is 4.25. The minimum atomic E-state index is -0.0259. The number of aromatic nitrogens is 3. The Balaban J connectivity index is 1.29. The van der Waals surface area contributed by atoms with Gasteiger partial charge in [-0.15, -0.1) is 0 Å². The number of carbonyl (C=O) groups is 2. The maximum atomic E-state index is 13.7. The molecule has 4 aromatic rings. The number of nitrogens with zero attached hydrogens (tertiary/aromatic N) is 7. The summed E-state index contributed by atoms with van der Waals surface area (Å²) >= 11 is 0. The van der Waals surface area contributed by atoms with Gasteiger partial charge in [-0.1, -0.05) is 6.07 Å². The van der Waals surface area contributed by atoms with Crippen LogP contribution in [0.1, 0.15) is 41.6 Å². The second-order valence-corrected chi connectivity index (χ2v) is 11.7. The Kier molecular flexibility index (Phi) is 6.47. The molecule has 6 heterocycles. The zero-order valence-electron chi connectivity index (χ0n) is 24.0. The molecule has 0 bridgehead atoms. The number of piperidine rings is 1. The summed E-state index contributed by atoms with van der Waals surface area (Å²) in [6.45, 7) is 3.57. The van der Waals surface area contributed by atoms with Crippen molar-refractivity contribution in [2.24, 2.45) is 0 Å². The fraction of sp³-hybridized carbons (Fsp3) is 0.375. The Morgan fingerprint density at radius 2 is 1.93 bits per heavy atom. The van der Waals surface area contributed by atoms with Crippen molar-refractivity contribution in [3.63, 3.8) is 0 Å². The number of hydrogen-bond acceptors (Lipinski definition) is 5. The van der Waals surface area contributed by atoms with Crippen molar-refractivity contribution in [2.75, 3.05) is 40.3 Å². The molecule has 10 nitrogen and oxygen atoms in total. The molecule has 0 aliphatic carbocycles. The van der Waals surface area contributed by atoms with Gasteiger partial charge in [-0.25, -0.2) is 9.78 Å². The topological polar surface area (TPSA) is 102 Å². The summed E-state index contributed by atoms with van der Waals surface area (Å²) in [6, 6.07) is 12.6. The van der Waals surface area contributed by atoms with Crippen molar-refractivity contribution in [3.05, 3.63) is 71.3 Å². The Bertz CT molecular complexity index is 1800. The molecule has 0 radical (unpaired) electrons. The lowest BCUT2D eigenvalue weighted by Crippen LogP contribution is -2.49. The van der Waals surface area contributed by atoms with Crippen molar-refractivity contribution < 1.29 is 9.59 Å².